The van der Waals surface area contributed by atoms with Crippen LogP contribution in [0, 0.1) is 5.92 Å². The molecule has 1 aromatic carbocycles. The van der Waals surface area contributed by atoms with E-state index in [4.69, 9.17) is 9.15 Å². The van der Waals surface area contributed by atoms with Crippen LogP contribution in [0.2, 0.25) is 0 Å². The Bertz CT molecular complexity index is 1460. The summed E-state index contributed by atoms with van der Waals surface area (Å²) in [5.74, 6) is -3.66. The molecule has 1 saturated carbocycles. The Morgan fingerprint density at radius 2 is 1.98 bits per heavy atom. The molecule has 234 valence electrons. The van der Waals surface area contributed by atoms with Crippen molar-refractivity contribution in [3.05, 3.63) is 41.8 Å². The molecule has 1 aliphatic carbocycles. The highest BCUT2D eigenvalue weighted by Crippen LogP contribution is 2.42. The number of methoxy groups -OCH3 is 1. The molecule has 11 nitrogen and oxygen atoms in total. The van der Waals surface area contributed by atoms with E-state index in [-0.39, 0.29) is 50.0 Å². The highest BCUT2D eigenvalue weighted by atomic mass is 19.4. The molecule has 2 aliphatic rings. The van der Waals surface area contributed by atoms with E-state index < -0.39 is 54.6 Å². The number of ether oxygens (including phenoxy) is 1. The van der Waals surface area contributed by atoms with E-state index in [0.717, 1.165) is 4.90 Å². The molecular formula is C27H32F5N7O4. The van der Waals surface area contributed by atoms with Crippen molar-refractivity contribution in [1.29, 1.82) is 0 Å². The van der Waals surface area contributed by atoms with Gasteiger partial charge in [-0.25, -0.2) is 28.2 Å². The summed E-state index contributed by atoms with van der Waals surface area (Å²) in [6.07, 6.45) is -3.85. The number of hydrogen-bond acceptors (Lipinski definition) is 7. The van der Waals surface area contributed by atoms with Crippen LogP contribution in [0.1, 0.15) is 79.7 Å². The van der Waals surface area contributed by atoms with E-state index in [1.54, 1.807) is 18.2 Å². The lowest BCUT2D eigenvalue weighted by molar-refractivity contribution is -0.150. The van der Waals surface area contributed by atoms with Gasteiger partial charge in [-0.05, 0) is 50.3 Å². The molecule has 3 atom stereocenters. The average molecular weight is 614 g/mol. The predicted octanol–water partition coefficient (Wildman–Crippen LogP) is 4.94. The molecule has 43 heavy (non-hydrogen) atoms. The number of nitrogens with zero attached hydrogens (tertiary/aromatic N) is 5. The number of carbonyl (C=O) groups excluding carboxylic acids is 2. The Balaban J connectivity index is 1.46. The fourth-order valence-electron chi connectivity index (χ4n) is 5.61. The van der Waals surface area contributed by atoms with Gasteiger partial charge in [0.25, 0.3) is 5.91 Å². The van der Waals surface area contributed by atoms with E-state index in [1.165, 1.54) is 18.1 Å². The lowest BCUT2D eigenvalue weighted by atomic mass is 9.82. The third-order valence-electron chi connectivity index (χ3n) is 7.90. The Morgan fingerprint density at radius 3 is 2.60 bits per heavy atom. The molecule has 2 fully saturated rings. The maximum Gasteiger partial charge on any atom is 0.410 e. The van der Waals surface area contributed by atoms with Crippen LogP contribution in [0.5, 0.6) is 0 Å². The first kappa shape index (κ1) is 30.6. The van der Waals surface area contributed by atoms with Gasteiger partial charge in [-0.2, -0.15) is 18.3 Å². The summed E-state index contributed by atoms with van der Waals surface area (Å²) in [6.45, 7) is 2.98. The number of hydrogen-bond donors (Lipinski definition) is 2. The number of fused-ring (bicyclic) bond motifs is 1. The van der Waals surface area contributed by atoms with Gasteiger partial charge in [-0.15, -0.1) is 0 Å². The maximum absolute atomic E-state index is 14.0. The first-order chi connectivity index (χ1) is 20.3. The molecule has 16 heteroatoms. The highest BCUT2D eigenvalue weighted by molar-refractivity contribution is 5.91. The largest absolute Gasteiger partial charge is 0.438 e. The quantitative estimate of drug-likeness (QED) is 0.327. The Hall–Kier alpha value is -3.82. The summed E-state index contributed by atoms with van der Waals surface area (Å²) >= 11 is 0. The van der Waals surface area contributed by atoms with Crippen LogP contribution >= 0.6 is 0 Å². The van der Waals surface area contributed by atoms with Gasteiger partial charge in [0.2, 0.25) is 17.6 Å². The van der Waals surface area contributed by atoms with Gasteiger partial charge in [0, 0.05) is 26.0 Å². The third-order valence-corrected chi connectivity index (χ3v) is 7.90. The maximum atomic E-state index is 14.0. The molecule has 1 saturated heterocycles. The Morgan fingerprint density at radius 1 is 1.26 bits per heavy atom. The van der Waals surface area contributed by atoms with Crippen LogP contribution in [0.25, 0.3) is 11.1 Å². The number of oxazole rings is 1. The topological polar surface area (TPSA) is 127 Å². The zero-order valence-corrected chi connectivity index (χ0v) is 23.7. The summed E-state index contributed by atoms with van der Waals surface area (Å²) in [6, 6.07) is -0.0707. The molecule has 3 amide bonds. The molecule has 0 spiro atoms. The summed E-state index contributed by atoms with van der Waals surface area (Å²) in [5.41, 5.74) is 1.07. The molecule has 3 heterocycles. The normalized spacial score (nSPS) is 20.9. The van der Waals surface area contributed by atoms with Crippen molar-refractivity contribution in [3.8, 4) is 0 Å². The van der Waals surface area contributed by atoms with E-state index in [1.807, 2.05) is 19.2 Å². The second-order valence-electron chi connectivity index (χ2n) is 11.2. The SMILES string of the molecule is COC[C@H](c1ccc2oc([C@@H](NC(=O)c3ncnn3C(C)C)C3CCC(F)(F)CC3)nc2c1)N1C[C@@H](C(F)(F)F)NC1=O. The number of rotatable bonds is 9. The van der Waals surface area contributed by atoms with Gasteiger partial charge >= 0.3 is 12.2 Å². The minimum atomic E-state index is -4.61. The predicted molar refractivity (Wildman–Crippen MR) is 141 cm³/mol. The molecule has 2 aromatic heterocycles. The second-order valence-corrected chi connectivity index (χ2v) is 11.2. The van der Waals surface area contributed by atoms with E-state index >= 15 is 0 Å². The smallest absolute Gasteiger partial charge is 0.410 e. The standard InChI is InChI=1S/C27H32F5N7O4/c1-14(2)39-22(33-13-34-39)23(40)37-21(15-6-8-26(28,29)9-7-15)24-35-17-10-16(4-5-19(17)43-24)18(12-42-3)38-11-20(27(30,31)32)36-25(38)41/h4-5,10,13-15,18,20-21H,6-9,11-12H2,1-3H3,(H,36,41)(H,37,40)/t18-,20+,21+/m1/s1. The van der Waals surface area contributed by atoms with Gasteiger partial charge < -0.3 is 24.7 Å². The minimum Gasteiger partial charge on any atom is -0.438 e. The van der Waals surface area contributed by atoms with Gasteiger partial charge in [0.15, 0.2) is 5.58 Å². The number of benzene rings is 1. The number of amides is 3. The number of carbonyl (C=O) groups is 2. The lowest BCUT2D eigenvalue weighted by Gasteiger charge is -2.32. The first-order valence-electron chi connectivity index (χ1n) is 13.9. The number of urea groups is 1. The summed E-state index contributed by atoms with van der Waals surface area (Å²) in [5, 5.41) is 8.91. The second kappa shape index (κ2) is 11.7. The van der Waals surface area contributed by atoms with E-state index in [0.29, 0.717) is 16.7 Å². The van der Waals surface area contributed by atoms with Crippen molar-refractivity contribution in [1.82, 2.24) is 35.3 Å². The van der Waals surface area contributed by atoms with Crippen LogP contribution in [0.3, 0.4) is 0 Å². The van der Waals surface area contributed by atoms with Gasteiger partial charge in [0.05, 0.1) is 19.2 Å². The van der Waals surface area contributed by atoms with Crippen LogP contribution < -0.4 is 10.6 Å². The van der Waals surface area contributed by atoms with Crippen molar-refractivity contribution >= 4 is 23.0 Å². The Labute approximate surface area is 243 Å². The lowest BCUT2D eigenvalue weighted by Crippen LogP contribution is -2.40. The van der Waals surface area contributed by atoms with Crippen LogP contribution in [0.4, 0.5) is 26.7 Å². The van der Waals surface area contributed by atoms with Crippen molar-refractivity contribution in [3.63, 3.8) is 0 Å². The number of aromatic nitrogens is 4. The van der Waals surface area contributed by atoms with E-state index in [2.05, 4.69) is 20.4 Å². The van der Waals surface area contributed by atoms with Crippen molar-refractivity contribution in [2.45, 2.75) is 75.8 Å². The molecule has 1 aliphatic heterocycles. The number of nitrogens with one attached hydrogen (secondary N) is 2. The van der Waals surface area contributed by atoms with Crippen molar-refractivity contribution < 1.29 is 40.7 Å². The fraction of sp³-hybridized carbons (Fsp3) is 0.593. The van der Waals surface area contributed by atoms with Crippen LogP contribution in [-0.2, 0) is 4.74 Å². The minimum absolute atomic E-state index is 0.0444. The van der Waals surface area contributed by atoms with Crippen molar-refractivity contribution in [2.75, 3.05) is 20.3 Å². The molecule has 2 N–H and O–H groups in total. The summed E-state index contributed by atoms with van der Waals surface area (Å²) < 4.78 is 80.6. The monoisotopic (exact) mass is 613 g/mol. The molecule has 5 rings (SSSR count). The highest BCUT2D eigenvalue weighted by Gasteiger charge is 2.48. The van der Waals surface area contributed by atoms with Gasteiger partial charge in [-0.3, -0.25) is 4.79 Å². The molecule has 3 aromatic rings. The van der Waals surface area contributed by atoms with Gasteiger partial charge in [-0.1, -0.05) is 6.07 Å². The molecule has 0 unspecified atom stereocenters. The molecular weight excluding hydrogens is 581 g/mol. The number of halogens is 5. The van der Waals surface area contributed by atoms with Gasteiger partial charge in [0.1, 0.15) is 23.9 Å². The fourth-order valence-corrected chi connectivity index (χ4v) is 5.61. The number of alkyl halides is 5. The summed E-state index contributed by atoms with van der Waals surface area (Å²) in [7, 11) is 1.37. The molecule has 0 bridgehead atoms. The van der Waals surface area contributed by atoms with Crippen LogP contribution in [0.15, 0.2) is 28.9 Å². The van der Waals surface area contributed by atoms with Crippen molar-refractivity contribution in [2.24, 2.45) is 5.92 Å². The van der Waals surface area contributed by atoms with Crippen LogP contribution in [-0.4, -0.2) is 75.0 Å². The Kier molecular flexibility index (Phi) is 8.33. The average Bonchev–Trinajstić information content (AvgIpc) is 3.68. The first-order valence-corrected chi connectivity index (χ1v) is 13.9. The van der Waals surface area contributed by atoms with E-state index in [9.17, 15) is 31.5 Å². The third kappa shape index (κ3) is 6.43. The summed E-state index contributed by atoms with van der Waals surface area (Å²) in [4.78, 5) is 35.5. The zero-order valence-electron chi connectivity index (χ0n) is 23.7. The zero-order chi connectivity index (χ0) is 31.1. The molecule has 0 radical (unpaired) electrons.